The molecule has 2 aromatic rings. The third kappa shape index (κ3) is 2.06. The zero-order chi connectivity index (χ0) is 10.8. The Balaban J connectivity index is 2.45. The smallest absolute Gasteiger partial charge is 0.142 e. The van der Waals surface area contributed by atoms with Crippen LogP contribution >= 0.6 is 11.3 Å². The number of aromatic nitrogens is 2. The van der Waals surface area contributed by atoms with Gasteiger partial charge in [-0.25, -0.2) is 4.98 Å². The number of pyridine rings is 1. The van der Waals surface area contributed by atoms with E-state index in [-0.39, 0.29) is 0 Å². The molecule has 15 heavy (non-hydrogen) atoms. The highest BCUT2D eigenvalue weighted by atomic mass is 32.1. The minimum Gasteiger partial charge on any atom is -0.326 e. The van der Waals surface area contributed by atoms with E-state index in [1.807, 2.05) is 32.0 Å². The average molecular weight is 219 g/mol. The van der Waals surface area contributed by atoms with E-state index in [2.05, 4.69) is 9.97 Å². The van der Waals surface area contributed by atoms with E-state index in [1.165, 1.54) is 0 Å². The highest BCUT2D eigenvalue weighted by molar-refractivity contribution is 7.15. The zero-order valence-corrected chi connectivity index (χ0v) is 9.64. The van der Waals surface area contributed by atoms with Crippen molar-refractivity contribution < 1.29 is 0 Å². The van der Waals surface area contributed by atoms with Gasteiger partial charge in [0.05, 0.1) is 11.4 Å². The maximum atomic E-state index is 5.62. The molecular formula is C11H13N3S. The van der Waals surface area contributed by atoms with Gasteiger partial charge in [-0.1, -0.05) is 6.07 Å². The molecule has 2 aromatic heterocycles. The highest BCUT2D eigenvalue weighted by Gasteiger charge is 2.08. The summed E-state index contributed by atoms with van der Waals surface area (Å²) < 4.78 is 0. The topological polar surface area (TPSA) is 51.8 Å². The largest absolute Gasteiger partial charge is 0.326 e. The Morgan fingerprint density at radius 3 is 2.67 bits per heavy atom. The van der Waals surface area contributed by atoms with E-state index in [4.69, 9.17) is 5.73 Å². The minimum atomic E-state index is 0.551. The summed E-state index contributed by atoms with van der Waals surface area (Å²) >= 11 is 1.62. The van der Waals surface area contributed by atoms with Crippen LogP contribution in [0, 0.1) is 13.8 Å². The fraction of sp³-hybridized carbons (Fsp3) is 0.273. The van der Waals surface area contributed by atoms with Gasteiger partial charge in [0.15, 0.2) is 0 Å². The Hall–Kier alpha value is -1.26. The Bertz CT molecular complexity index is 476. The SMILES string of the molecule is Cc1cccc(-c2nc(C)c(CN)s2)n1. The van der Waals surface area contributed by atoms with Crippen LogP contribution < -0.4 is 5.73 Å². The Kier molecular flexibility index (Phi) is 2.79. The minimum absolute atomic E-state index is 0.551. The molecule has 0 aromatic carbocycles. The quantitative estimate of drug-likeness (QED) is 0.843. The second kappa shape index (κ2) is 4.08. The van der Waals surface area contributed by atoms with Crippen molar-refractivity contribution in [3.63, 3.8) is 0 Å². The van der Waals surface area contributed by atoms with E-state index in [0.717, 1.165) is 27.0 Å². The summed E-state index contributed by atoms with van der Waals surface area (Å²) in [6, 6.07) is 5.95. The van der Waals surface area contributed by atoms with Crippen LogP contribution in [0.2, 0.25) is 0 Å². The first-order valence-electron chi connectivity index (χ1n) is 4.81. The lowest BCUT2D eigenvalue weighted by molar-refractivity contribution is 1.06. The van der Waals surface area contributed by atoms with Crippen molar-refractivity contribution in [3.05, 3.63) is 34.5 Å². The van der Waals surface area contributed by atoms with Crippen LogP contribution in [0.3, 0.4) is 0 Å². The maximum Gasteiger partial charge on any atom is 0.142 e. The lowest BCUT2D eigenvalue weighted by Gasteiger charge is -1.95. The molecule has 78 valence electrons. The van der Waals surface area contributed by atoms with Gasteiger partial charge in [-0.15, -0.1) is 11.3 Å². The molecule has 0 aliphatic heterocycles. The standard InChI is InChI=1S/C11H13N3S/c1-7-4-3-5-9(13-7)11-14-8(2)10(6-12)15-11/h3-5H,6,12H2,1-2H3. The molecule has 0 saturated carbocycles. The molecule has 0 fully saturated rings. The molecule has 0 amide bonds. The lowest BCUT2D eigenvalue weighted by Crippen LogP contribution is -1.94. The molecule has 0 unspecified atom stereocenters. The van der Waals surface area contributed by atoms with Gasteiger partial charge in [0, 0.05) is 17.1 Å². The van der Waals surface area contributed by atoms with Crippen molar-refractivity contribution in [3.8, 4) is 10.7 Å². The zero-order valence-electron chi connectivity index (χ0n) is 8.82. The van der Waals surface area contributed by atoms with Crippen molar-refractivity contribution in [2.75, 3.05) is 0 Å². The monoisotopic (exact) mass is 219 g/mol. The third-order valence-electron chi connectivity index (χ3n) is 2.19. The summed E-state index contributed by atoms with van der Waals surface area (Å²) in [6.07, 6.45) is 0. The summed E-state index contributed by atoms with van der Waals surface area (Å²) in [5.41, 5.74) is 8.58. The fourth-order valence-electron chi connectivity index (χ4n) is 1.39. The first-order valence-corrected chi connectivity index (χ1v) is 5.62. The number of hydrogen-bond donors (Lipinski definition) is 1. The van der Waals surface area contributed by atoms with Gasteiger partial charge in [0.2, 0.25) is 0 Å². The number of thiazole rings is 1. The molecule has 2 N–H and O–H groups in total. The van der Waals surface area contributed by atoms with Gasteiger partial charge in [-0.3, -0.25) is 4.98 Å². The molecule has 0 atom stereocenters. The first-order chi connectivity index (χ1) is 7.20. The van der Waals surface area contributed by atoms with E-state index in [1.54, 1.807) is 11.3 Å². The summed E-state index contributed by atoms with van der Waals surface area (Å²) in [7, 11) is 0. The predicted molar refractivity (Wildman–Crippen MR) is 62.7 cm³/mol. The molecular weight excluding hydrogens is 206 g/mol. The first kappa shape index (κ1) is 10.3. The second-order valence-electron chi connectivity index (χ2n) is 3.40. The summed E-state index contributed by atoms with van der Waals surface area (Å²) in [6.45, 7) is 4.51. The molecule has 0 aliphatic rings. The molecule has 0 bridgehead atoms. The van der Waals surface area contributed by atoms with Crippen LogP contribution in [0.25, 0.3) is 10.7 Å². The average Bonchev–Trinajstić information content (AvgIpc) is 2.60. The van der Waals surface area contributed by atoms with Gasteiger partial charge in [0.1, 0.15) is 5.01 Å². The van der Waals surface area contributed by atoms with Crippen LogP contribution in [0.1, 0.15) is 16.3 Å². The number of nitrogens with two attached hydrogens (primary N) is 1. The van der Waals surface area contributed by atoms with Gasteiger partial charge in [0.25, 0.3) is 0 Å². The highest BCUT2D eigenvalue weighted by Crippen LogP contribution is 2.26. The summed E-state index contributed by atoms with van der Waals surface area (Å²) in [5.74, 6) is 0. The van der Waals surface area contributed by atoms with E-state index >= 15 is 0 Å². The van der Waals surface area contributed by atoms with E-state index < -0.39 is 0 Å². The number of aryl methyl sites for hydroxylation is 2. The Morgan fingerprint density at radius 1 is 1.27 bits per heavy atom. The molecule has 3 nitrogen and oxygen atoms in total. The van der Waals surface area contributed by atoms with Crippen molar-refractivity contribution >= 4 is 11.3 Å². The van der Waals surface area contributed by atoms with Crippen molar-refractivity contribution in [2.45, 2.75) is 20.4 Å². The molecule has 0 radical (unpaired) electrons. The van der Waals surface area contributed by atoms with Crippen molar-refractivity contribution in [2.24, 2.45) is 5.73 Å². The Labute approximate surface area is 93.0 Å². The Morgan fingerprint density at radius 2 is 2.07 bits per heavy atom. The summed E-state index contributed by atoms with van der Waals surface area (Å²) in [5, 5.41) is 0.955. The number of nitrogens with zero attached hydrogens (tertiary/aromatic N) is 2. The number of hydrogen-bond acceptors (Lipinski definition) is 4. The van der Waals surface area contributed by atoms with Crippen LogP contribution in [0.4, 0.5) is 0 Å². The normalized spacial score (nSPS) is 10.6. The van der Waals surface area contributed by atoms with Crippen LogP contribution in [-0.4, -0.2) is 9.97 Å². The fourth-order valence-corrected chi connectivity index (χ4v) is 2.30. The molecule has 0 spiro atoms. The van der Waals surface area contributed by atoms with Gasteiger partial charge in [-0.2, -0.15) is 0 Å². The van der Waals surface area contributed by atoms with Gasteiger partial charge >= 0.3 is 0 Å². The molecule has 4 heteroatoms. The van der Waals surface area contributed by atoms with Gasteiger partial charge in [-0.05, 0) is 26.0 Å². The molecule has 2 rings (SSSR count). The molecule has 2 heterocycles. The summed E-state index contributed by atoms with van der Waals surface area (Å²) in [4.78, 5) is 10.0. The van der Waals surface area contributed by atoms with Crippen molar-refractivity contribution in [1.29, 1.82) is 0 Å². The van der Waals surface area contributed by atoms with Crippen molar-refractivity contribution in [1.82, 2.24) is 9.97 Å². The van der Waals surface area contributed by atoms with Crippen LogP contribution in [0.5, 0.6) is 0 Å². The van der Waals surface area contributed by atoms with E-state index in [0.29, 0.717) is 6.54 Å². The maximum absolute atomic E-state index is 5.62. The van der Waals surface area contributed by atoms with Gasteiger partial charge < -0.3 is 5.73 Å². The predicted octanol–water partition coefficient (Wildman–Crippen LogP) is 2.28. The lowest BCUT2D eigenvalue weighted by atomic mass is 10.3. The third-order valence-corrected chi connectivity index (χ3v) is 3.39. The van der Waals surface area contributed by atoms with E-state index in [9.17, 15) is 0 Å². The molecule has 0 saturated heterocycles. The van der Waals surface area contributed by atoms with Crippen LogP contribution in [0.15, 0.2) is 18.2 Å². The number of rotatable bonds is 2. The molecule has 0 aliphatic carbocycles. The second-order valence-corrected chi connectivity index (χ2v) is 4.48. The van der Waals surface area contributed by atoms with Crippen LogP contribution in [-0.2, 0) is 6.54 Å².